The van der Waals surface area contributed by atoms with Crippen molar-refractivity contribution >= 4 is 12.2 Å². The number of unbranched alkanes of at least 4 members (excludes halogenated alkanes) is 2. The van der Waals surface area contributed by atoms with E-state index in [1.807, 2.05) is 34.6 Å². The third kappa shape index (κ3) is 52.6. The maximum Gasteiger partial charge on any atom is 0.407 e. The predicted molar refractivity (Wildman–Crippen MR) is 129 cm³/mol. The Labute approximate surface area is 192 Å². The molecule has 8 nitrogen and oxygen atoms in total. The van der Waals surface area contributed by atoms with Crippen LogP contribution in [0.15, 0.2) is 0 Å². The van der Waals surface area contributed by atoms with Crippen LogP contribution in [0.2, 0.25) is 0 Å². The van der Waals surface area contributed by atoms with Gasteiger partial charge in [0.05, 0.1) is 13.2 Å². The summed E-state index contributed by atoms with van der Waals surface area (Å²) in [5.74, 6) is 0. The Morgan fingerprint density at radius 3 is 1.26 bits per heavy atom. The lowest BCUT2D eigenvalue weighted by Gasteiger charge is -2.04. The zero-order valence-electron chi connectivity index (χ0n) is 21.6. The summed E-state index contributed by atoms with van der Waals surface area (Å²) in [5.41, 5.74) is 0. The molecule has 190 valence electrons. The topological polar surface area (TPSA) is 95.1 Å². The number of carbonyl (C=O) groups excluding carboxylic acids is 2. The smallest absolute Gasteiger partial charge is 0.407 e. The molecule has 0 saturated heterocycles. The van der Waals surface area contributed by atoms with Crippen LogP contribution in [0.25, 0.3) is 0 Å². The number of rotatable bonds is 13. The highest BCUT2D eigenvalue weighted by Gasteiger charge is 1.97. The van der Waals surface area contributed by atoms with Gasteiger partial charge in [-0.25, -0.2) is 9.59 Å². The molecule has 0 saturated carbocycles. The molecule has 0 bridgehead atoms. The van der Waals surface area contributed by atoms with E-state index >= 15 is 0 Å². The van der Waals surface area contributed by atoms with E-state index < -0.39 is 0 Å². The van der Waals surface area contributed by atoms with Crippen molar-refractivity contribution in [1.29, 1.82) is 0 Å². The lowest BCUT2D eigenvalue weighted by Crippen LogP contribution is -2.25. The predicted octanol–water partition coefficient (Wildman–Crippen LogP) is 5.54. The van der Waals surface area contributed by atoms with E-state index in [2.05, 4.69) is 36.1 Å². The van der Waals surface area contributed by atoms with Crippen molar-refractivity contribution in [3.05, 3.63) is 0 Å². The molecule has 0 aromatic heterocycles. The van der Waals surface area contributed by atoms with Crippen LogP contribution < -0.4 is 10.6 Å². The fraction of sp³-hybridized carbons (Fsp3) is 0.913. The molecule has 0 unspecified atom stereocenters. The van der Waals surface area contributed by atoms with Gasteiger partial charge in [0.1, 0.15) is 6.61 Å². The average molecular weight is 453 g/mol. The van der Waals surface area contributed by atoms with Crippen molar-refractivity contribution in [2.45, 2.75) is 87.5 Å². The van der Waals surface area contributed by atoms with Crippen LogP contribution in [0.4, 0.5) is 9.59 Å². The number of hydrogen-bond donors (Lipinski definition) is 2. The average Bonchev–Trinajstić information content (AvgIpc) is 2.76. The molecule has 0 aromatic rings. The molecule has 0 rings (SSSR count). The van der Waals surface area contributed by atoms with E-state index in [0.29, 0.717) is 39.5 Å². The summed E-state index contributed by atoms with van der Waals surface area (Å²) in [6.45, 7) is 21.0. The number of alkyl carbamates (subject to hydrolysis) is 2. The Bertz CT molecular complexity index is 325. The van der Waals surface area contributed by atoms with Gasteiger partial charge in [0, 0.05) is 32.9 Å². The summed E-state index contributed by atoms with van der Waals surface area (Å²) in [6.07, 6.45) is 5.38. The molecule has 0 spiro atoms. The van der Waals surface area contributed by atoms with E-state index in [9.17, 15) is 9.59 Å². The number of ether oxygens (including phenoxy) is 4. The molecular formula is C23H52N2O6. The number of nitrogens with one attached hydrogen (secondary N) is 2. The molecule has 0 aliphatic heterocycles. The van der Waals surface area contributed by atoms with Gasteiger partial charge >= 0.3 is 12.2 Å². The van der Waals surface area contributed by atoms with Gasteiger partial charge in [-0.3, -0.25) is 0 Å². The second kappa shape index (κ2) is 39.0. The van der Waals surface area contributed by atoms with Gasteiger partial charge < -0.3 is 29.6 Å². The summed E-state index contributed by atoms with van der Waals surface area (Å²) in [6, 6.07) is 0. The fourth-order valence-corrected chi connectivity index (χ4v) is 1.57. The van der Waals surface area contributed by atoms with Crippen LogP contribution in [0, 0.1) is 0 Å². The number of amides is 2. The lowest BCUT2D eigenvalue weighted by molar-refractivity contribution is 0.0791. The zero-order valence-corrected chi connectivity index (χ0v) is 21.6. The molecule has 0 fully saturated rings. The van der Waals surface area contributed by atoms with E-state index in [-0.39, 0.29) is 12.2 Å². The zero-order chi connectivity index (χ0) is 24.6. The molecular weight excluding hydrogens is 400 g/mol. The van der Waals surface area contributed by atoms with Crippen LogP contribution in [0.1, 0.15) is 87.5 Å². The first-order valence-electron chi connectivity index (χ1n) is 11.9. The van der Waals surface area contributed by atoms with Gasteiger partial charge in [-0.05, 0) is 40.5 Å². The molecule has 2 N–H and O–H groups in total. The normalized spacial score (nSPS) is 8.90. The molecule has 0 atom stereocenters. The Morgan fingerprint density at radius 1 is 0.548 bits per heavy atom. The lowest BCUT2D eigenvalue weighted by atomic mass is 10.3. The van der Waals surface area contributed by atoms with Gasteiger partial charge in [-0.1, -0.05) is 47.0 Å². The highest BCUT2D eigenvalue weighted by Crippen LogP contribution is 1.88. The number of carbonyl (C=O) groups is 2. The highest BCUT2D eigenvalue weighted by atomic mass is 16.6. The third-order valence-electron chi connectivity index (χ3n) is 3.00. The van der Waals surface area contributed by atoms with Crippen molar-refractivity contribution < 1.29 is 28.5 Å². The largest absolute Gasteiger partial charge is 0.450 e. The van der Waals surface area contributed by atoms with Gasteiger partial charge in [-0.15, -0.1) is 0 Å². The number of hydrogen-bond acceptors (Lipinski definition) is 6. The van der Waals surface area contributed by atoms with Crippen molar-refractivity contribution in [2.75, 3.05) is 52.7 Å². The summed E-state index contributed by atoms with van der Waals surface area (Å²) in [5, 5.41) is 5.02. The van der Waals surface area contributed by atoms with E-state index in [0.717, 1.165) is 26.1 Å². The molecule has 8 heteroatoms. The first kappa shape index (κ1) is 36.8. The second-order valence-corrected chi connectivity index (χ2v) is 6.08. The summed E-state index contributed by atoms with van der Waals surface area (Å²) in [7, 11) is 0. The molecule has 0 aliphatic carbocycles. The SMILES string of the molecule is CCCCC.CCCOC(=O)NCC.CCCOCC.CCNC(=O)OCCOCC. The van der Waals surface area contributed by atoms with Crippen LogP contribution in [0.5, 0.6) is 0 Å². The van der Waals surface area contributed by atoms with Crippen molar-refractivity contribution in [2.24, 2.45) is 0 Å². The maximum atomic E-state index is 10.6. The molecule has 31 heavy (non-hydrogen) atoms. The molecule has 2 amide bonds. The van der Waals surface area contributed by atoms with Crippen molar-refractivity contribution in [1.82, 2.24) is 10.6 Å². The maximum absolute atomic E-state index is 10.6. The summed E-state index contributed by atoms with van der Waals surface area (Å²) < 4.78 is 19.3. The van der Waals surface area contributed by atoms with Gasteiger partial charge in [0.2, 0.25) is 0 Å². The van der Waals surface area contributed by atoms with Crippen molar-refractivity contribution in [3.63, 3.8) is 0 Å². The van der Waals surface area contributed by atoms with E-state index in [1.165, 1.54) is 19.3 Å². The molecule has 0 aromatic carbocycles. The Hall–Kier alpha value is -1.54. The molecule has 0 radical (unpaired) electrons. The van der Waals surface area contributed by atoms with Gasteiger partial charge in [0.25, 0.3) is 0 Å². The molecule has 0 heterocycles. The second-order valence-electron chi connectivity index (χ2n) is 6.08. The minimum atomic E-state index is -0.382. The Morgan fingerprint density at radius 2 is 0.968 bits per heavy atom. The minimum absolute atomic E-state index is 0.319. The minimum Gasteiger partial charge on any atom is -0.450 e. The fourth-order valence-electron chi connectivity index (χ4n) is 1.57. The van der Waals surface area contributed by atoms with Crippen LogP contribution >= 0.6 is 0 Å². The first-order valence-corrected chi connectivity index (χ1v) is 11.9. The summed E-state index contributed by atoms with van der Waals surface area (Å²) in [4.78, 5) is 21.1. The van der Waals surface area contributed by atoms with E-state index in [1.54, 1.807) is 0 Å². The van der Waals surface area contributed by atoms with Crippen LogP contribution in [0.3, 0.4) is 0 Å². The van der Waals surface area contributed by atoms with Gasteiger partial charge in [-0.2, -0.15) is 0 Å². The van der Waals surface area contributed by atoms with E-state index in [4.69, 9.17) is 14.2 Å². The van der Waals surface area contributed by atoms with Gasteiger partial charge in [0.15, 0.2) is 0 Å². The first-order chi connectivity index (χ1) is 14.9. The van der Waals surface area contributed by atoms with Crippen LogP contribution in [-0.4, -0.2) is 64.9 Å². The van der Waals surface area contributed by atoms with Crippen molar-refractivity contribution in [3.8, 4) is 0 Å². The monoisotopic (exact) mass is 452 g/mol. The highest BCUT2D eigenvalue weighted by molar-refractivity contribution is 5.67. The van der Waals surface area contributed by atoms with Crippen LogP contribution in [-0.2, 0) is 18.9 Å². The standard InChI is InChI=1S/C7H15NO3.C6H13NO2.C5H12O.C5H12/c1-3-8-7(9)11-6-5-10-4-2;1-3-5-9-6(8)7-4-2;1-3-5-6-4-2;1-3-5-4-2/h3-6H2,1-2H3,(H,8,9);3-5H2,1-2H3,(H,7,8);3-5H2,1-2H3;3-5H2,1-2H3. The summed E-state index contributed by atoms with van der Waals surface area (Å²) >= 11 is 0. The molecule has 0 aliphatic rings. The Kier molecular flexibility index (Phi) is 46.3. The third-order valence-corrected chi connectivity index (χ3v) is 3.00. The Balaban J connectivity index is -0.000000164. The quantitative estimate of drug-likeness (QED) is 0.356.